The Morgan fingerprint density at radius 2 is 2.17 bits per heavy atom. The van der Waals surface area contributed by atoms with Gasteiger partial charge in [0, 0.05) is 24.4 Å². The standard InChI is InChI=1S/C17H21N3O4/c21-16(17(22)8-2-1-3-9-17)23-11-5-7-14-19-15(20-24-14)13-6-4-10-18-12-13/h4,6,10,12,22H,1-3,5,7-9,11H2. The van der Waals surface area contributed by atoms with Gasteiger partial charge in [0.1, 0.15) is 0 Å². The molecule has 2 aromatic rings. The molecule has 1 fully saturated rings. The molecule has 0 amide bonds. The molecule has 7 nitrogen and oxygen atoms in total. The summed E-state index contributed by atoms with van der Waals surface area (Å²) in [5, 5.41) is 14.2. The Balaban J connectivity index is 1.44. The Kier molecular flexibility index (Phi) is 5.20. The lowest BCUT2D eigenvalue weighted by molar-refractivity contribution is -0.169. The van der Waals surface area contributed by atoms with Crippen LogP contribution < -0.4 is 0 Å². The van der Waals surface area contributed by atoms with Crippen molar-refractivity contribution in [3.8, 4) is 11.4 Å². The lowest BCUT2D eigenvalue weighted by atomic mass is 9.85. The fourth-order valence-electron chi connectivity index (χ4n) is 2.83. The number of aryl methyl sites for hydroxylation is 1. The first kappa shape index (κ1) is 16.6. The van der Waals surface area contributed by atoms with E-state index in [0.717, 1.165) is 24.8 Å². The first-order valence-corrected chi connectivity index (χ1v) is 8.30. The van der Waals surface area contributed by atoms with Gasteiger partial charge in [-0.2, -0.15) is 4.98 Å². The molecule has 1 N–H and O–H groups in total. The normalized spacial score (nSPS) is 16.7. The molecule has 0 aromatic carbocycles. The van der Waals surface area contributed by atoms with E-state index in [-0.39, 0.29) is 6.61 Å². The predicted molar refractivity (Wildman–Crippen MR) is 84.8 cm³/mol. The molecule has 3 rings (SSSR count). The van der Waals surface area contributed by atoms with E-state index in [2.05, 4.69) is 15.1 Å². The summed E-state index contributed by atoms with van der Waals surface area (Å²) in [6, 6.07) is 3.66. The van der Waals surface area contributed by atoms with E-state index in [9.17, 15) is 9.90 Å². The lowest BCUT2D eigenvalue weighted by Gasteiger charge is -2.29. The van der Waals surface area contributed by atoms with Crippen molar-refractivity contribution >= 4 is 5.97 Å². The number of hydrogen-bond donors (Lipinski definition) is 1. The zero-order valence-electron chi connectivity index (χ0n) is 13.5. The molecule has 0 unspecified atom stereocenters. The number of aromatic nitrogens is 3. The summed E-state index contributed by atoms with van der Waals surface area (Å²) < 4.78 is 10.4. The van der Waals surface area contributed by atoms with Crippen LogP contribution in [-0.2, 0) is 16.0 Å². The molecule has 2 aromatic heterocycles. The highest BCUT2D eigenvalue weighted by Gasteiger charge is 2.38. The summed E-state index contributed by atoms with van der Waals surface area (Å²) in [6.07, 6.45) is 8.20. The number of rotatable bonds is 6. The second-order valence-electron chi connectivity index (χ2n) is 6.09. The number of carbonyl (C=O) groups is 1. The topological polar surface area (TPSA) is 98.3 Å². The molecule has 0 saturated heterocycles. The molecule has 0 atom stereocenters. The van der Waals surface area contributed by atoms with Crippen LogP contribution in [0.1, 0.15) is 44.4 Å². The molecular weight excluding hydrogens is 310 g/mol. The van der Waals surface area contributed by atoms with Crippen LogP contribution in [0.2, 0.25) is 0 Å². The average Bonchev–Trinajstić information content (AvgIpc) is 3.09. The van der Waals surface area contributed by atoms with Crippen molar-refractivity contribution in [1.82, 2.24) is 15.1 Å². The average molecular weight is 331 g/mol. The van der Waals surface area contributed by atoms with Crippen molar-refractivity contribution in [2.75, 3.05) is 6.61 Å². The molecule has 2 heterocycles. The van der Waals surface area contributed by atoms with Gasteiger partial charge in [-0.05, 0) is 44.2 Å². The van der Waals surface area contributed by atoms with Crippen molar-refractivity contribution in [3.63, 3.8) is 0 Å². The molecule has 0 aliphatic heterocycles. The second kappa shape index (κ2) is 7.53. The third-order valence-corrected chi connectivity index (χ3v) is 4.22. The van der Waals surface area contributed by atoms with Crippen molar-refractivity contribution < 1.29 is 19.2 Å². The summed E-state index contributed by atoms with van der Waals surface area (Å²) in [4.78, 5) is 20.3. The van der Waals surface area contributed by atoms with Crippen LogP contribution in [0.25, 0.3) is 11.4 Å². The molecule has 0 spiro atoms. The van der Waals surface area contributed by atoms with Gasteiger partial charge < -0.3 is 14.4 Å². The van der Waals surface area contributed by atoms with Crippen LogP contribution >= 0.6 is 0 Å². The first-order valence-electron chi connectivity index (χ1n) is 8.30. The minimum Gasteiger partial charge on any atom is -0.464 e. The lowest BCUT2D eigenvalue weighted by Crippen LogP contribution is -2.41. The van der Waals surface area contributed by atoms with Crippen LogP contribution in [0.15, 0.2) is 29.0 Å². The Morgan fingerprint density at radius 3 is 2.92 bits per heavy atom. The van der Waals surface area contributed by atoms with Crippen molar-refractivity contribution in [2.24, 2.45) is 0 Å². The summed E-state index contributed by atoms with van der Waals surface area (Å²) in [5.74, 6) is 0.469. The third-order valence-electron chi connectivity index (χ3n) is 4.22. The largest absolute Gasteiger partial charge is 0.464 e. The van der Waals surface area contributed by atoms with Gasteiger partial charge in [-0.25, -0.2) is 4.79 Å². The molecule has 1 aliphatic carbocycles. The van der Waals surface area contributed by atoms with Crippen LogP contribution in [0.5, 0.6) is 0 Å². The van der Waals surface area contributed by atoms with Crippen LogP contribution in [0, 0.1) is 0 Å². The maximum atomic E-state index is 12.0. The smallest absolute Gasteiger partial charge is 0.338 e. The summed E-state index contributed by atoms with van der Waals surface area (Å²) in [5.41, 5.74) is -0.505. The molecule has 7 heteroatoms. The van der Waals surface area contributed by atoms with E-state index in [1.165, 1.54) is 0 Å². The minimum atomic E-state index is -1.30. The number of nitrogens with zero attached hydrogens (tertiary/aromatic N) is 3. The van der Waals surface area contributed by atoms with Gasteiger partial charge in [-0.3, -0.25) is 4.98 Å². The Morgan fingerprint density at radius 1 is 1.33 bits per heavy atom. The van der Waals surface area contributed by atoms with Gasteiger partial charge in [0.05, 0.1) is 6.61 Å². The van der Waals surface area contributed by atoms with E-state index in [0.29, 0.717) is 37.4 Å². The van der Waals surface area contributed by atoms with Crippen LogP contribution in [0.4, 0.5) is 0 Å². The number of aliphatic hydroxyl groups is 1. The van der Waals surface area contributed by atoms with Gasteiger partial charge in [-0.15, -0.1) is 0 Å². The van der Waals surface area contributed by atoms with Gasteiger partial charge in [-0.1, -0.05) is 11.6 Å². The molecule has 24 heavy (non-hydrogen) atoms. The van der Waals surface area contributed by atoms with E-state index >= 15 is 0 Å². The number of pyridine rings is 1. The SMILES string of the molecule is O=C(OCCCc1nc(-c2cccnc2)no1)C1(O)CCCCC1. The number of ether oxygens (including phenoxy) is 1. The maximum Gasteiger partial charge on any atom is 0.338 e. The fraction of sp³-hybridized carbons (Fsp3) is 0.529. The summed E-state index contributed by atoms with van der Waals surface area (Å²) in [7, 11) is 0. The highest BCUT2D eigenvalue weighted by Crippen LogP contribution is 2.29. The molecule has 1 aliphatic rings. The zero-order valence-corrected chi connectivity index (χ0v) is 13.5. The van der Waals surface area contributed by atoms with E-state index in [1.54, 1.807) is 18.5 Å². The number of esters is 1. The Bertz CT molecular complexity index is 665. The van der Waals surface area contributed by atoms with Gasteiger partial charge in [0.15, 0.2) is 5.60 Å². The second-order valence-corrected chi connectivity index (χ2v) is 6.09. The quantitative estimate of drug-likeness (QED) is 0.640. The van der Waals surface area contributed by atoms with Gasteiger partial charge >= 0.3 is 5.97 Å². The number of carbonyl (C=O) groups excluding carboxylic acids is 1. The maximum absolute atomic E-state index is 12.0. The highest BCUT2D eigenvalue weighted by molar-refractivity contribution is 5.79. The van der Waals surface area contributed by atoms with E-state index in [1.807, 2.05) is 6.07 Å². The minimum absolute atomic E-state index is 0.228. The Hall–Kier alpha value is -2.28. The highest BCUT2D eigenvalue weighted by atomic mass is 16.5. The number of hydrogen-bond acceptors (Lipinski definition) is 7. The van der Waals surface area contributed by atoms with Gasteiger partial charge in [0.25, 0.3) is 0 Å². The molecular formula is C17H21N3O4. The van der Waals surface area contributed by atoms with Crippen molar-refractivity contribution in [2.45, 2.75) is 50.5 Å². The van der Waals surface area contributed by atoms with Crippen molar-refractivity contribution in [1.29, 1.82) is 0 Å². The summed E-state index contributed by atoms with van der Waals surface area (Å²) >= 11 is 0. The van der Waals surface area contributed by atoms with Gasteiger partial charge in [0.2, 0.25) is 11.7 Å². The molecule has 128 valence electrons. The fourth-order valence-corrected chi connectivity index (χ4v) is 2.83. The van der Waals surface area contributed by atoms with Crippen LogP contribution in [-0.4, -0.2) is 38.4 Å². The molecule has 1 saturated carbocycles. The molecule has 0 bridgehead atoms. The van der Waals surface area contributed by atoms with E-state index in [4.69, 9.17) is 9.26 Å². The summed E-state index contributed by atoms with van der Waals surface area (Å²) in [6.45, 7) is 0.228. The zero-order chi connectivity index (χ0) is 16.8. The first-order chi connectivity index (χ1) is 11.7. The Labute approximate surface area is 140 Å². The van der Waals surface area contributed by atoms with Crippen LogP contribution in [0.3, 0.4) is 0 Å². The third kappa shape index (κ3) is 3.97. The monoisotopic (exact) mass is 331 g/mol. The molecule has 0 radical (unpaired) electrons. The predicted octanol–water partition coefficient (Wildman–Crippen LogP) is 2.30. The van der Waals surface area contributed by atoms with Crippen molar-refractivity contribution in [3.05, 3.63) is 30.4 Å². The van der Waals surface area contributed by atoms with E-state index < -0.39 is 11.6 Å².